The normalized spacial score (nSPS) is 11.0. The maximum atomic E-state index is 11.9. The van der Waals surface area contributed by atoms with Crippen molar-refractivity contribution in [1.82, 2.24) is 0 Å². The third kappa shape index (κ3) is 3.06. The number of nitro benzene ring substituents is 1. The van der Waals surface area contributed by atoms with E-state index in [4.69, 9.17) is 0 Å². The van der Waals surface area contributed by atoms with Gasteiger partial charge in [0.25, 0.3) is 0 Å². The molecule has 0 atom stereocenters. The standard InChI is InChI=1S/C8H4F3NO5/c9-8(10,11)17-5-1-4(3-13)7(14)6(2-5)12(15)16/h1-3,14H. The minimum absolute atomic E-state index is 0.0223. The Hall–Kier alpha value is -2.32. The highest BCUT2D eigenvalue weighted by Gasteiger charge is 2.32. The van der Waals surface area contributed by atoms with Crippen molar-refractivity contribution < 1.29 is 32.7 Å². The van der Waals surface area contributed by atoms with Crippen LogP contribution in [0.1, 0.15) is 10.4 Å². The molecule has 0 aromatic heterocycles. The third-order valence-electron chi connectivity index (χ3n) is 1.65. The van der Waals surface area contributed by atoms with Crippen LogP contribution in [0.5, 0.6) is 11.5 Å². The number of nitrogens with zero attached hydrogens (tertiary/aromatic N) is 1. The number of ether oxygens (including phenoxy) is 1. The zero-order chi connectivity index (χ0) is 13.2. The van der Waals surface area contributed by atoms with E-state index in [1.807, 2.05) is 0 Å². The molecule has 9 heteroatoms. The first-order valence-corrected chi connectivity index (χ1v) is 3.97. The fourth-order valence-corrected chi connectivity index (χ4v) is 1.04. The van der Waals surface area contributed by atoms with E-state index in [1.54, 1.807) is 0 Å². The maximum Gasteiger partial charge on any atom is 0.573 e. The highest BCUT2D eigenvalue weighted by molar-refractivity contribution is 5.83. The number of phenolic OH excluding ortho intramolecular Hbond substituents is 1. The number of phenols is 1. The number of benzene rings is 1. The Labute approximate surface area is 91.4 Å². The molecule has 0 radical (unpaired) electrons. The molecule has 0 spiro atoms. The smallest absolute Gasteiger partial charge is 0.502 e. The molecule has 0 bridgehead atoms. The van der Waals surface area contributed by atoms with E-state index in [-0.39, 0.29) is 6.29 Å². The Bertz CT molecular complexity index is 471. The number of rotatable bonds is 3. The fraction of sp³-hybridized carbons (Fsp3) is 0.125. The largest absolute Gasteiger partial charge is 0.573 e. The first kappa shape index (κ1) is 12.7. The molecule has 0 unspecified atom stereocenters. The van der Waals surface area contributed by atoms with Crippen molar-refractivity contribution in [2.75, 3.05) is 0 Å². The van der Waals surface area contributed by atoms with Crippen LogP contribution in [0.25, 0.3) is 0 Å². The highest BCUT2D eigenvalue weighted by atomic mass is 19.4. The number of aromatic hydroxyl groups is 1. The second-order valence-corrected chi connectivity index (χ2v) is 2.80. The summed E-state index contributed by atoms with van der Waals surface area (Å²) in [6.45, 7) is 0. The van der Waals surface area contributed by atoms with Gasteiger partial charge >= 0.3 is 12.0 Å². The van der Waals surface area contributed by atoms with Crippen LogP contribution >= 0.6 is 0 Å². The molecule has 0 aliphatic heterocycles. The quantitative estimate of drug-likeness (QED) is 0.504. The van der Waals surface area contributed by atoms with Gasteiger partial charge in [0.05, 0.1) is 16.6 Å². The van der Waals surface area contributed by atoms with Crippen molar-refractivity contribution in [2.24, 2.45) is 0 Å². The summed E-state index contributed by atoms with van der Waals surface area (Å²) in [6, 6.07) is 0.915. The van der Waals surface area contributed by atoms with Gasteiger partial charge in [0, 0.05) is 0 Å². The molecular formula is C8H4F3NO5. The second kappa shape index (κ2) is 4.28. The molecule has 0 aliphatic carbocycles. The molecule has 0 fully saturated rings. The highest BCUT2D eigenvalue weighted by Crippen LogP contribution is 2.35. The summed E-state index contributed by atoms with van der Waals surface area (Å²) in [5.74, 6) is -1.97. The van der Waals surface area contributed by atoms with Crippen molar-refractivity contribution in [3.63, 3.8) is 0 Å². The number of carbonyl (C=O) groups is 1. The molecule has 1 N–H and O–H groups in total. The number of alkyl halides is 3. The lowest BCUT2D eigenvalue weighted by atomic mass is 10.2. The first-order valence-electron chi connectivity index (χ1n) is 3.97. The van der Waals surface area contributed by atoms with Crippen molar-refractivity contribution in [2.45, 2.75) is 6.36 Å². The molecule has 0 saturated carbocycles. The number of hydrogen-bond acceptors (Lipinski definition) is 5. The van der Waals surface area contributed by atoms with Gasteiger partial charge in [-0.2, -0.15) is 0 Å². The minimum atomic E-state index is -5.05. The third-order valence-corrected chi connectivity index (χ3v) is 1.65. The van der Waals surface area contributed by atoms with Crippen molar-refractivity contribution in [1.29, 1.82) is 0 Å². The Morgan fingerprint density at radius 2 is 2.00 bits per heavy atom. The second-order valence-electron chi connectivity index (χ2n) is 2.80. The van der Waals surface area contributed by atoms with E-state index in [0.29, 0.717) is 12.1 Å². The van der Waals surface area contributed by atoms with Crippen LogP contribution in [0.4, 0.5) is 18.9 Å². The molecule has 0 amide bonds. The Morgan fingerprint density at radius 3 is 2.41 bits per heavy atom. The SMILES string of the molecule is O=Cc1cc(OC(F)(F)F)cc([N+](=O)[O-])c1O. The lowest BCUT2D eigenvalue weighted by molar-refractivity contribution is -0.386. The van der Waals surface area contributed by atoms with Crippen molar-refractivity contribution in [3.05, 3.63) is 27.8 Å². The molecule has 1 aromatic rings. The zero-order valence-corrected chi connectivity index (χ0v) is 7.89. The van der Waals surface area contributed by atoms with Gasteiger partial charge in [-0.1, -0.05) is 0 Å². The number of aldehydes is 1. The Kier molecular flexibility index (Phi) is 3.21. The summed E-state index contributed by atoms with van der Waals surface area (Å²) in [6.07, 6.45) is -5.07. The van der Waals surface area contributed by atoms with Crippen LogP contribution < -0.4 is 4.74 Å². The molecule has 0 saturated heterocycles. The van der Waals surface area contributed by atoms with E-state index < -0.39 is 34.0 Å². The van der Waals surface area contributed by atoms with E-state index in [9.17, 15) is 33.2 Å². The fourth-order valence-electron chi connectivity index (χ4n) is 1.04. The predicted molar refractivity (Wildman–Crippen MR) is 46.8 cm³/mol. The van der Waals surface area contributed by atoms with E-state index in [0.717, 1.165) is 0 Å². The summed E-state index contributed by atoms with van der Waals surface area (Å²) >= 11 is 0. The predicted octanol–water partition coefficient (Wildman–Crippen LogP) is 2.01. The van der Waals surface area contributed by atoms with E-state index in [1.165, 1.54) is 0 Å². The summed E-state index contributed by atoms with van der Waals surface area (Å²) in [5.41, 5.74) is -1.72. The van der Waals surface area contributed by atoms with Gasteiger partial charge in [0.2, 0.25) is 5.75 Å². The Balaban J connectivity index is 3.30. The summed E-state index contributed by atoms with van der Waals surface area (Å²) in [7, 11) is 0. The number of hydrogen-bond donors (Lipinski definition) is 1. The average Bonchev–Trinajstić information content (AvgIpc) is 2.17. The monoisotopic (exact) mass is 251 g/mol. The summed E-state index contributed by atoms with van der Waals surface area (Å²) in [5, 5.41) is 19.6. The topological polar surface area (TPSA) is 89.7 Å². The maximum absolute atomic E-state index is 11.9. The summed E-state index contributed by atoms with van der Waals surface area (Å²) < 4.78 is 39.0. The number of halogens is 3. The Morgan fingerprint density at radius 1 is 1.41 bits per heavy atom. The lowest BCUT2D eigenvalue weighted by Crippen LogP contribution is -2.17. The van der Waals surface area contributed by atoms with Gasteiger partial charge in [-0.05, 0) is 6.07 Å². The molecular weight excluding hydrogens is 247 g/mol. The van der Waals surface area contributed by atoms with Crippen LogP contribution in [0, 0.1) is 10.1 Å². The number of nitro groups is 1. The first-order chi connectivity index (χ1) is 7.74. The van der Waals surface area contributed by atoms with Crippen molar-refractivity contribution >= 4 is 12.0 Å². The summed E-state index contributed by atoms with van der Waals surface area (Å²) in [4.78, 5) is 19.7. The molecule has 1 rings (SSSR count). The van der Waals surface area contributed by atoms with Crippen LogP contribution in [0.3, 0.4) is 0 Å². The van der Waals surface area contributed by atoms with E-state index in [2.05, 4.69) is 4.74 Å². The van der Waals surface area contributed by atoms with Crippen LogP contribution in [0.15, 0.2) is 12.1 Å². The molecule has 0 heterocycles. The van der Waals surface area contributed by atoms with Gasteiger partial charge in [-0.3, -0.25) is 14.9 Å². The van der Waals surface area contributed by atoms with Gasteiger partial charge in [-0.15, -0.1) is 13.2 Å². The lowest BCUT2D eigenvalue weighted by Gasteiger charge is -2.09. The van der Waals surface area contributed by atoms with Gasteiger partial charge < -0.3 is 9.84 Å². The zero-order valence-electron chi connectivity index (χ0n) is 7.89. The molecule has 0 aliphatic rings. The average molecular weight is 251 g/mol. The van der Waals surface area contributed by atoms with Crippen molar-refractivity contribution in [3.8, 4) is 11.5 Å². The van der Waals surface area contributed by atoms with Crippen LogP contribution in [-0.2, 0) is 0 Å². The van der Waals surface area contributed by atoms with Gasteiger partial charge in [0.15, 0.2) is 6.29 Å². The van der Waals surface area contributed by atoms with Crippen LogP contribution in [-0.4, -0.2) is 22.7 Å². The molecule has 92 valence electrons. The minimum Gasteiger partial charge on any atom is -0.502 e. The molecule has 17 heavy (non-hydrogen) atoms. The molecule has 6 nitrogen and oxygen atoms in total. The van der Waals surface area contributed by atoms with Crippen LogP contribution in [0.2, 0.25) is 0 Å². The molecule has 1 aromatic carbocycles. The van der Waals surface area contributed by atoms with E-state index >= 15 is 0 Å². The van der Waals surface area contributed by atoms with Gasteiger partial charge in [0.1, 0.15) is 5.75 Å². The van der Waals surface area contributed by atoms with Gasteiger partial charge in [-0.25, -0.2) is 0 Å². The number of carbonyl (C=O) groups excluding carboxylic acids is 1.